The average Bonchev–Trinajstić information content (AvgIpc) is 2.74. The molecule has 30 heavy (non-hydrogen) atoms. The van der Waals surface area contributed by atoms with Gasteiger partial charge in [0.2, 0.25) is 10.0 Å². The van der Waals surface area contributed by atoms with Crippen molar-refractivity contribution in [3.63, 3.8) is 0 Å². The Balaban J connectivity index is 1.86. The van der Waals surface area contributed by atoms with E-state index in [1.54, 1.807) is 6.07 Å². The molecule has 2 aromatic rings. The Morgan fingerprint density at radius 3 is 2.37 bits per heavy atom. The summed E-state index contributed by atoms with van der Waals surface area (Å²) in [5, 5.41) is 3.21. The summed E-state index contributed by atoms with van der Waals surface area (Å²) in [4.78, 5) is 13.0. The van der Waals surface area contributed by atoms with Gasteiger partial charge in [0.25, 0.3) is 5.91 Å². The number of carbonyl (C=O) groups excluding carboxylic acids is 1. The minimum absolute atomic E-state index is 0.00108. The van der Waals surface area contributed by atoms with E-state index in [1.807, 2.05) is 30.3 Å². The number of rotatable bonds is 7. The van der Waals surface area contributed by atoms with Gasteiger partial charge >= 0.3 is 0 Å². The molecule has 1 fully saturated rings. The number of amides is 1. The van der Waals surface area contributed by atoms with Crippen LogP contribution in [0.2, 0.25) is 5.02 Å². The van der Waals surface area contributed by atoms with Gasteiger partial charge in [-0.1, -0.05) is 62.2 Å². The molecule has 0 saturated carbocycles. The maximum absolute atomic E-state index is 13.1. The second-order valence-electron chi connectivity index (χ2n) is 8.18. The zero-order valence-electron chi connectivity index (χ0n) is 17.5. The Morgan fingerprint density at radius 1 is 1.07 bits per heavy atom. The zero-order valence-corrected chi connectivity index (χ0v) is 19.0. The number of hydrogen-bond donors (Lipinski definition) is 1. The predicted molar refractivity (Wildman–Crippen MR) is 120 cm³/mol. The van der Waals surface area contributed by atoms with Gasteiger partial charge in [0.05, 0.1) is 11.1 Å². The molecule has 1 amide bonds. The van der Waals surface area contributed by atoms with Crippen LogP contribution in [0.1, 0.15) is 61.5 Å². The molecular weight excluding hydrogens is 420 g/mol. The molecule has 1 aliphatic rings. The molecule has 0 radical (unpaired) electrons. The fourth-order valence-electron chi connectivity index (χ4n) is 3.76. The van der Waals surface area contributed by atoms with Crippen LogP contribution in [0.3, 0.4) is 0 Å². The number of sulfonamides is 1. The Morgan fingerprint density at radius 2 is 1.73 bits per heavy atom. The maximum Gasteiger partial charge on any atom is 0.251 e. The van der Waals surface area contributed by atoms with Gasteiger partial charge in [-0.3, -0.25) is 4.79 Å². The summed E-state index contributed by atoms with van der Waals surface area (Å²) in [6.45, 7) is 5.18. The molecule has 1 aliphatic heterocycles. The van der Waals surface area contributed by atoms with Crippen molar-refractivity contribution in [1.29, 1.82) is 0 Å². The number of piperidine rings is 1. The summed E-state index contributed by atoms with van der Waals surface area (Å²) in [5.74, 6) is 0.0760. The fraction of sp³-hybridized carbons (Fsp3) is 0.435. The summed E-state index contributed by atoms with van der Waals surface area (Å²) < 4.78 is 27.6. The van der Waals surface area contributed by atoms with E-state index in [0.717, 1.165) is 31.2 Å². The molecule has 1 unspecified atom stereocenters. The van der Waals surface area contributed by atoms with Crippen LogP contribution in [0.15, 0.2) is 53.4 Å². The van der Waals surface area contributed by atoms with Crippen LogP contribution in [0, 0.1) is 5.92 Å². The SMILES string of the molecule is CC(C)CC(NC(=O)c1ccc(Cl)c(S(=O)(=O)N2CCCCC2)c1)c1ccccc1. The van der Waals surface area contributed by atoms with Crippen LogP contribution in [-0.4, -0.2) is 31.7 Å². The van der Waals surface area contributed by atoms with E-state index in [-0.39, 0.29) is 21.9 Å². The highest BCUT2D eigenvalue weighted by Crippen LogP contribution is 2.28. The number of carbonyl (C=O) groups is 1. The van der Waals surface area contributed by atoms with Crippen molar-refractivity contribution in [2.45, 2.75) is 50.5 Å². The Bertz CT molecular complexity index is 971. The molecule has 3 rings (SSSR count). The lowest BCUT2D eigenvalue weighted by atomic mass is 9.96. The molecule has 5 nitrogen and oxygen atoms in total. The fourth-order valence-corrected chi connectivity index (χ4v) is 5.78. The molecule has 2 aromatic carbocycles. The molecule has 1 atom stereocenters. The van der Waals surface area contributed by atoms with Crippen molar-refractivity contribution in [1.82, 2.24) is 9.62 Å². The first-order valence-electron chi connectivity index (χ1n) is 10.4. The first-order chi connectivity index (χ1) is 14.3. The second kappa shape index (κ2) is 9.94. The maximum atomic E-state index is 13.1. The van der Waals surface area contributed by atoms with E-state index >= 15 is 0 Å². The van der Waals surface area contributed by atoms with E-state index in [2.05, 4.69) is 19.2 Å². The zero-order chi connectivity index (χ0) is 21.7. The van der Waals surface area contributed by atoms with E-state index in [0.29, 0.717) is 24.6 Å². The molecule has 162 valence electrons. The van der Waals surface area contributed by atoms with Gasteiger partial charge in [0, 0.05) is 18.7 Å². The van der Waals surface area contributed by atoms with Gasteiger partial charge in [0.15, 0.2) is 0 Å². The highest BCUT2D eigenvalue weighted by molar-refractivity contribution is 7.89. The normalized spacial score (nSPS) is 16.4. The molecule has 0 spiro atoms. The van der Waals surface area contributed by atoms with Crippen LogP contribution in [0.4, 0.5) is 0 Å². The third-order valence-corrected chi connectivity index (χ3v) is 7.72. The summed E-state index contributed by atoms with van der Waals surface area (Å²) in [6, 6.07) is 14.1. The molecule has 0 aliphatic carbocycles. The number of halogens is 1. The number of nitrogens with one attached hydrogen (secondary N) is 1. The predicted octanol–water partition coefficient (Wildman–Crippen LogP) is 5.03. The van der Waals surface area contributed by atoms with Gasteiger partial charge in [0.1, 0.15) is 4.90 Å². The molecule has 7 heteroatoms. The van der Waals surface area contributed by atoms with Crippen molar-refractivity contribution in [3.8, 4) is 0 Å². The first kappa shape index (κ1) is 22.8. The van der Waals surface area contributed by atoms with Crippen molar-refractivity contribution < 1.29 is 13.2 Å². The number of hydrogen-bond acceptors (Lipinski definition) is 3. The molecule has 1 N–H and O–H groups in total. The van der Waals surface area contributed by atoms with Crippen LogP contribution >= 0.6 is 11.6 Å². The molecule has 1 heterocycles. The van der Waals surface area contributed by atoms with Gasteiger partial charge in [-0.2, -0.15) is 4.31 Å². The lowest BCUT2D eigenvalue weighted by molar-refractivity contribution is 0.0931. The molecule has 0 aromatic heterocycles. The third kappa shape index (κ3) is 5.42. The Kier molecular flexibility index (Phi) is 7.55. The lowest BCUT2D eigenvalue weighted by Crippen LogP contribution is -2.36. The Hall–Kier alpha value is -1.89. The van der Waals surface area contributed by atoms with E-state index in [1.165, 1.54) is 16.4 Å². The van der Waals surface area contributed by atoms with Crippen LogP contribution < -0.4 is 5.32 Å². The molecule has 1 saturated heterocycles. The summed E-state index contributed by atoms with van der Waals surface area (Å²) in [7, 11) is -3.73. The van der Waals surface area contributed by atoms with E-state index in [9.17, 15) is 13.2 Å². The largest absolute Gasteiger partial charge is 0.345 e. The highest BCUT2D eigenvalue weighted by Gasteiger charge is 2.29. The first-order valence-corrected chi connectivity index (χ1v) is 12.3. The van der Waals surface area contributed by atoms with Crippen molar-refractivity contribution in [3.05, 3.63) is 64.7 Å². The quantitative estimate of drug-likeness (QED) is 0.645. The van der Waals surface area contributed by atoms with Crippen molar-refractivity contribution in [2.75, 3.05) is 13.1 Å². The minimum Gasteiger partial charge on any atom is -0.345 e. The van der Waals surface area contributed by atoms with E-state index in [4.69, 9.17) is 11.6 Å². The average molecular weight is 449 g/mol. The summed E-state index contributed by atoms with van der Waals surface area (Å²) in [5.41, 5.74) is 1.31. The number of nitrogens with zero attached hydrogens (tertiary/aromatic N) is 1. The Labute approximate surface area is 184 Å². The lowest BCUT2D eigenvalue weighted by Gasteiger charge is -2.26. The van der Waals surface area contributed by atoms with Crippen molar-refractivity contribution >= 4 is 27.5 Å². The topological polar surface area (TPSA) is 66.5 Å². The molecular formula is C23H29ClN2O3S. The molecule has 0 bridgehead atoms. The van der Waals surface area contributed by atoms with Gasteiger partial charge in [-0.05, 0) is 48.9 Å². The second-order valence-corrected chi connectivity index (χ2v) is 10.5. The summed E-state index contributed by atoms with van der Waals surface area (Å²) >= 11 is 6.24. The van der Waals surface area contributed by atoms with Crippen LogP contribution in [-0.2, 0) is 10.0 Å². The summed E-state index contributed by atoms with van der Waals surface area (Å²) in [6.07, 6.45) is 3.48. The number of benzene rings is 2. The smallest absolute Gasteiger partial charge is 0.251 e. The van der Waals surface area contributed by atoms with Crippen LogP contribution in [0.25, 0.3) is 0 Å². The van der Waals surface area contributed by atoms with Gasteiger partial charge in [-0.25, -0.2) is 8.42 Å². The van der Waals surface area contributed by atoms with Gasteiger partial charge in [-0.15, -0.1) is 0 Å². The third-order valence-electron chi connectivity index (χ3n) is 5.34. The minimum atomic E-state index is -3.73. The monoisotopic (exact) mass is 448 g/mol. The van der Waals surface area contributed by atoms with E-state index < -0.39 is 10.0 Å². The highest BCUT2D eigenvalue weighted by atomic mass is 35.5. The standard InChI is InChI=1S/C23H29ClN2O3S/c1-17(2)15-21(18-9-5-3-6-10-18)25-23(27)19-11-12-20(24)22(16-19)30(28,29)26-13-7-4-8-14-26/h3,5-6,9-12,16-17,21H,4,7-8,13-15H2,1-2H3,(H,25,27). The van der Waals surface area contributed by atoms with Gasteiger partial charge < -0.3 is 5.32 Å². The van der Waals surface area contributed by atoms with Crippen molar-refractivity contribution in [2.24, 2.45) is 5.92 Å². The van der Waals surface area contributed by atoms with Crippen LogP contribution in [0.5, 0.6) is 0 Å².